The molecule has 1 heterocycles. The fourth-order valence-corrected chi connectivity index (χ4v) is 4.70. The number of methoxy groups -OCH3 is 1. The van der Waals surface area contributed by atoms with Crippen molar-refractivity contribution in [1.29, 1.82) is 0 Å². The van der Waals surface area contributed by atoms with E-state index in [1.807, 2.05) is 42.5 Å². The molecule has 0 bridgehead atoms. The molecule has 1 saturated heterocycles. The number of benzene rings is 2. The summed E-state index contributed by atoms with van der Waals surface area (Å²) in [6, 6.07) is 14.6. The Bertz CT molecular complexity index is 940. The summed E-state index contributed by atoms with van der Waals surface area (Å²) in [7, 11) is 1.40. The zero-order valence-corrected chi connectivity index (χ0v) is 17.4. The topological polar surface area (TPSA) is 46.6 Å². The zero-order valence-electron chi connectivity index (χ0n) is 15.9. The predicted molar refractivity (Wildman–Crippen MR) is 114 cm³/mol. The first-order valence-electron chi connectivity index (χ1n) is 9.60. The highest BCUT2D eigenvalue weighted by Gasteiger charge is 2.54. The third-order valence-electron chi connectivity index (χ3n) is 5.84. The van der Waals surface area contributed by atoms with E-state index in [2.05, 4.69) is 6.08 Å². The van der Waals surface area contributed by atoms with Gasteiger partial charge in [0.05, 0.1) is 25.0 Å². The van der Waals surface area contributed by atoms with Gasteiger partial charge in [0.15, 0.2) is 0 Å². The molecule has 1 aliphatic carbocycles. The number of carbonyl (C=O) groups excluding carboxylic acids is 2. The Hall–Kier alpha value is -2.30. The van der Waals surface area contributed by atoms with E-state index < -0.39 is 0 Å². The van der Waals surface area contributed by atoms with Crippen LogP contribution < -0.4 is 4.90 Å². The molecular formula is C23H21Cl2NO3. The van der Waals surface area contributed by atoms with Crippen molar-refractivity contribution in [2.45, 2.75) is 18.9 Å². The van der Waals surface area contributed by atoms with E-state index in [1.54, 1.807) is 17.0 Å². The highest BCUT2D eigenvalue weighted by atomic mass is 35.5. The highest BCUT2D eigenvalue weighted by molar-refractivity contribution is 6.31. The fourth-order valence-electron chi connectivity index (χ4n) is 4.44. The van der Waals surface area contributed by atoms with E-state index in [9.17, 15) is 9.59 Å². The molecular weight excluding hydrogens is 409 g/mol. The molecule has 1 fully saturated rings. The molecule has 0 N–H and O–H groups in total. The van der Waals surface area contributed by atoms with Crippen LogP contribution in [0.4, 0.5) is 5.69 Å². The number of ether oxygens (including phenoxy) is 1. The van der Waals surface area contributed by atoms with E-state index in [-0.39, 0.29) is 35.7 Å². The summed E-state index contributed by atoms with van der Waals surface area (Å²) >= 11 is 12.1. The van der Waals surface area contributed by atoms with Crippen LogP contribution in [0.2, 0.25) is 10.0 Å². The standard InChI is InChI=1S/C23H21Cl2NO3/c1-29-23(28)19-5-3-2-4-18(19)20-21(14-6-8-15(24)9-7-14)26(22(20)27)17-12-10-16(25)11-13-17/h2,4,6-13,18-21H,3,5H2,1H3/t18-,19+,20+,21+/m0/s1. The Morgan fingerprint density at radius 3 is 2.28 bits per heavy atom. The van der Waals surface area contributed by atoms with Crippen LogP contribution in [0.1, 0.15) is 24.4 Å². The van der Waals surface area contributed by atoms with Crippen molar-refractivity contribution < 1.29 is 14.3 Å². The van der Waals surface area contributed by atoms with E-state index in [0.29, 0.717) is 16.5 Å². The number of anilines is 1. The lowest BCUT2D eigenvalue weighted by Gasteiger charge is -2.51. The molecule has 29 heavy (non-hydrogen) atoms. The van der Waals surface area contributed by atoms with Crippen LogP contribution in [0.5, 0.6) is 0 Å². The third-order valence-corrected chi connectivity index (χ3v) is 6.35. The van der Waals surface area contributed by atoms with Gasteiger partial charge in [0.25, 0.3) is 0 Å². The first kappa shape index (κ1) is 20.0. The van der Waals surface area contributed by atoms with Crippen molar-refractivity contribution >= 4 is 40.8 Å². The van der Waals surface area contributed by atoms with Gasteiger partial charge in [-0.05, 0) is 54.8 Å². The van der Waals surface area contributed by atoms with Gasteiger partial charge in [-0.25, -0.2) is 0 Å². The van der Waals surface area contributed by atoms with Gasteiger partial charge in [-0.1, -0.05) is 47.5 Å². The van der Waals surface area contributed by atoms with Crippen LogP contribution in [-0.4, -0.2) is 19.0 Å². The second-order valence-corrected chi connectivity index (χ2v) is 8.29. The van der Waals surface area contributed by atoms with E-state index in [0.717, 1.165) is 17.7 Å². The van der Waals surface area contributed by atoms with Crippen LogP contribution in [0, 0.1) is 17.8 Å². The number of β-lactam (4-membered cyclic amide) rings is 1. The maximum absolute atomic E-state index is 13.3. The largest absolute Gasteiger partial charge is 0.469 e. The lowest BCUT2D eigenvalue weighted by atomic mass is 9.67. The molecule has 0 saturated carbocycles. The zero-order chi connectivity index (χ0) is 20.5. The molecule has 0 radical (unpaired) electrons. The normalized spacial score (nSPS) is 26.2. The molecule has 4 nitrogen and oxygen atoms in total. The molecule has 2 aromatic rings. The highest BCUT2D eigenvalue weighted by Crippen LogP contribution is 2.50. The Balaban J connectivity index is 1.74. The smallest absolute Gasteiger partial charge is 0.309 e. The molecule has 6 heteroatoms. The van der Waals surface area contributed by atoms with Crippen LogP contribution in [0.15, 0.2) is 60.7 Å². The average Bonchev–Trinajstić information content (AvgIpc) is 2.74. The van der Waals surface area contributed by atoms with Crippen LogP contribution in [-0.2, 0) is 14.3 Å². The maximum atomic E-state index is 13.3. The summed E-state index contributed by atoms with van der Waals surface area (Å²) in [5.41, 5.74) is 1.77. The summed E-state index contributed by atoms with van der Waals surface area (Å²) < 4.78 is 5.03. The van der Waals surface area contributed by atoms with E-state index >= 15 is 0 Å². The molecule has 0 spiro atoms. The lowest BCUT2D eigenvalue weighted by molar-refractivity contribution is -0.149. The number of nitrogens with zero attached hydrogens (tertiary/aromatic N) is 1. The number of amides is 1. The van der Waals surface area contributed by atoms with Gasteiger partial charge in [0.1, 0.15) is 0 Å². The van der Waals surface area contributed by atoms with Gasteiger partial charge in [-0.2, -0.15) is 0 Å². The Morgan fingerprint density at radius 1 is 1.03 bits per heavy atom. The number of hydrogen-bond acceptors (Lipinski definition) is 3. The minimum Gasteiger partial charge on any atom is -0.469 e. The van der Waals surface area contributed by atoms with Gasteiger partial charge in [0.2, 0.25) is 5.91 Å². The monoisotopic (exact) mass is 429 g/mol. The van der Waals surface area contributed by atoms with Gasteiger partial charge in [-0.15, -0.1) is 0 Å². The maximum Gasteiger partial charge on any atom is 0.309 e. The summed E-state index contributed by atoms with van der Waals surface area (Å²) in [6.07, 6.45) is 5.56. The van der Waals surface area contributed by atoms with Gasteiger partial charge in [-0.3, -0.25) is 9.59 Å². The number of carbonyl (C=O) groups is 2. The molecule has 1 aliphatic heterocycles. The number of allylic oxidation sites excluding steroid dienone is 2. The number of esters is 1. The van der Waals surface area contributed by atoms with Crippen LogP contribution >= 0.6 is 23.2 Å². The molecule has 2 aliphatic rings. The summed E-state index contributed by atoms with van der Waals surface area (Å²) in [5, 5.41) is 1.25. The first-order valence-corrected chi connectivity index (χ1v) is 10.4. The Morgan fingerprint density at radius 2 is 1.66 bits per heavy atom. The van der Waals surface area contributed by atoms with Crippen LogP contribution in [0.25, 0.3) is 0 Å². The Labute approximate surface area is 180 Å². The second kappa shape index (κ2) is 8.21. The number of rotatable bonds is 4. The van der Waals surface area contributed by atoms with Crippen molar-refractivity contribution in [2.75, 3.05) is 12.0 Å². The number of hydrogen-bond donors (Lipinski definition) is 0. The number of halogens is 2. The fraction of sp³-hybridized carbons (Fsp3) is 0.304. The molecule has 2 aromatic carbocycles. The van der Waals surface area contributed by atoms with E-state index in [1.165, 1.54) is 7.11 Å². The summed E-state index contributed by atoms with van der Waals surface area (Å²) in [6.45, 7) is 0. The average molecular weight is 430 g/mol. The van der Waals surface area contributed by atoms with Gasteiger partial charge >= 0.3 is 5.97 Å². The van der Waals surface area contributed by atoms with Crippen molar-refractivity contribution in [3.05, 3.63) is 76.3 Å². The summed E-state index contributed by atoms with van der Waals surface area (Å²) in [5.74, 6) is -1.12. The molecule has 4 atom stereocenters. The molecule has 1 amide bonds. The minimum absolute atomic E-state index is 0.00211. The van der Waals surface area contributed by atoms with Crippen molar-refractivity contribution in [2.24, 2.45) is 17.8 Å². The molecule has 0 unspecified atom stereocenters. The van der Waals surface area contributed by atoms with Crippen LogP contribution in [0.3, 0.4) is 0 Å². The van der Waals surface area contributed by atoms with Crippen molar-refractivity contribution in [1.82, 2.24) is 0 Å². The van der Waals surface area contributed by atoms with Gasteiger partial charge in [0, 0.05) is 21.7 Å². The summed E-state index contributed by atoms with van der Waals surface area (Å²) in [4.78, 5) is 27.5. The predicted octanol–water partition coefficient (Wildman–Crippen LogP) is 5.45. The quantitative estimate of drug-likeness (QED) is 0.368. The Kier molecular flexibility index (Phi) is 5.66. The van der Waals surface area contributed by atoms with Crippen molar-refractivity contribution in [3.63, 3.8) is 0 Å². The minimum atomic E-state index is -0.340. The third kappa shape index (κ3) is 3.67. The SMILES string of the molecule is COC(=O)[C@@H]1CCC=C[C@@H]1[C@H]1C(=O)N(c2ccc(Cl)cc2)[C@@H]1c1ccc(Cl)cc1. The lowest BCUT2D eigenvalue weighted by Crippen LogP contribution is -2.59. The molecule has 0 aromatic heterocycles. The molecule has 4 rings (SSSR count). The second-order valence-electron chi connectivity index (χ2n) is 7.42. The van der Waals surface area contributed by atoms with Gasteiger partial charge < -0.3 is 9.64 Å². The first-order chi connectivity index (χ1) is 14.0. The molecule has 150 valence electrons. The van der Waals surface area contributed by atoms with Crippen molar-refractivity contribution in [3.8, 4) is 0 Å². The van der Waals surface area contributed by atoms with E-state index in [4.69, 9.17) is 27.9 Å².